The standard InChI is InChI=1S/C43H64FN11O9/c1-24(2)21-33-41(62)52-29(13-17-45)37(58)51-31(15-19-47)40(61)55-36(25(3)56)43(64)48-20-16-32(49-35(57)23-27-9-11-28(44)12-10-27)39(60)50-30(14-18-46)38(59)54-34(42(63)53-33)22-26-7-5-4-6-8-26/h4-12,24-25,29-34,36,56H,13-23,45-47H2,1-3H3,(H,48,64)(H,49,57)(H,50,60)(H,51,58)(H,52,62)(H,53,63)(H,54,59)(H,55,61)/t25-,29+,30+,31+,32+,33+,34-,36+/m1/s1. The summed E-state index contributed by atoms with van der Waals surface area (Å²) in [5.74, 6) is -7.13. The van der Waals surface area contributed by atoms with Crippen molar-refractivity contribution in [2.45, 2.75) is 114 Å². The lowest BCUT2D eigenvalue weighted by atomic mass is 10.00. The van der Waals surface area contributed by atoms with E-state index in [1.54, 1.807) is 30.3 Å². The smallest absolute Gasteiger partial charge is 0.245 e. The molecule has 2 aromatic carbocycles. The minimum absolute atomic E-state index is 0.0459. The van der Waals surface area contributed by atoms with E-state index < -0.39 is 101 Å². The van der Waals surface area contributed by atoms with Crippen LogP contribution >= 0.6 is 0 Å². The molecule has 0 unspecified atom stereocenters. The van der Waals surface area contributed by atoms with Gasteiger partial charge in [-0.3, -0.25) is 38.4 Å². The van der Waals surface area contributed by atoms with Crippen LogP contribution in [-0.4, -0.2) is 127 Å². The monoisotopic (exact) mass is 897 g/mol. The van der Waals surface area contributed by atoms with E-state index >= 15 is 0 Å². The highest BCUT2D eigenvalue weighted by atomic mass is 19.1. The number of nitrogens with one attached hydrogen (secondary N) is 8. The van der Waals surface area contributed by atoms with Crippen LogP contribution in [0.1, 0.15) is 64.0 Å². The molecule has 0 bridgehead atoms. The van der Waals surface area contributed by atoms with Gasteiger partial charge in [-0.05, 0) is 87.8 Å². The Kier molecular flexibility index (Phi) is 21.7. The maximum absolute atomic E-state index is 14.2. The van der Waals surface area contributed by atoms with Gasteiger partial charge in [0.15, 0.2) is 0 Å². The lowest BCUT2D eigenvalue weighted by Crippen LogP contribution is -2.61. The van der Waals surface area contributed by atoms with Crippen LogP contribution in [0.4, 0.5) is 4.39 Å². The number of hydrogen-bond donors (Lipinski definition) is 12. The zero-order valence-corrected chi connectivity index (χ0v) is 36.5. The van der Waals surface area contributed by atoms with Crippen molar-refractivity contribution in [1.82, 2.24) is 42.5 Å². The molecule has 0 aliphatic carbocycles. The van der Waals surface area contributed by atoms with Crippen LogP contribution in [0.3, 0.4) is 0 Å². The molecule has 3 rings (SSSR count). The fourth-order valence-electron chi connectivity index (χ4n) is 6.84. The highest BCUT2D eigenvalue weighted by molar-refractivity contribution is 5.98. The van der Waals surface area contributed by atoms with E-state index in [0.29, 0.717) is 11.1 Å². The van der Waals surface area contributed by atoms with Gasteiger partial charge in [0, 0.05) is 13.0 Å². The Morgan fingerprint density at radius 2 is 1.11 bits per heavy atom. The number of aliphatic hydroxyl groups excluding tert-OH is 1. The molecule has 1 fully saturated rings. The topological polar surface area (TPSA) is 331 Å². The molecule has 0 saturated carbocycles. The van der Waals surface area contributed by atoms with E-state index in [1.165, 1.54) is 31.2 Å². The maximum Gasteiger partial charge on any atom is 0.245 e. The fraction of sp³-hybridized carbons (Fsp3) is 0.535. The molecule has 0 radical (unpaired) electrons. The number of aliphatic hydroxyl groups is 1. The van der Waals surface area contributed by atoms with Crippen LogP contribution in [0, 0.1) is 11.7 Å². The van der Waals surface area contributed by atoms with E-state index in [4.69, 9.17) is 17.2 Å². The predicted molar refractivity (Wildman–Crippen MR) is 234 cm³/mol. The molecule has 20 nitrogen and oxygen atoms in total. The van der Waals surface area contributed by atoms with E-state index in [1.807, 2.05) is 13.8 Å². The molecule has 64 heavy (non-hydrogen) atoms. The Balaban J connectivity index is 2.09. The highest BCUT2D eigenvalue weighted by Crippen LogP contribution is 2.11. The van der Waals surface area contributed by atoms with Crippen molar-refractivity contribution in [3.63, 3.8) is 0 Å². The Hall–Kier alpha value is -6.03. The van der Waals surface area contributed by atoms with Crippen molar-refractivity contribution in [2.24, 2.45) is 23.1 Å². The number of hydrogen-bond acceptors (Lipinski definition) is 12. The largest absolute Gasteiger partial charge is 0.391 e. The molecule has 0 aromatic heterocycles. The first-order chi connectivity index (χ1) is 30.4. The number of halogens is 1. The van der Waals surface area contributed by atoms with Crippen molar-refractivity contribution in [1.29, 1.82) is 0 Å². The minimum atomic E-state index is -1.58. The summed E-state index contributed by atoms with van der Waals surface area (Å²) < 4.78 is 13.6. The quantitative estimate of drug-likeness (QED) is 0.0903. The molecular weight excluding hydrogens is 834 g/mol. The van der Waals surface area contributed by atoms with Gasteiger partial charge in [0.1, 0.15) is 48.1 Å². The lowest BCUT2D eigenvalue weighted by molar-refractivity contribution is -0.136. The van der Waals surface area contributed by atoms with Crippen LogP contribution in [-0.2, 0) is 51.2 Å². The third kappa shape index (κ3) is 17.3. The molecule has 1 aliphatic heterocycles. The van der Waals surface area contributed by atoms with Gasteiger partial charge in [-0.25, -0.2) is 4.39 Å². The van der Waals surface area contributed by atoms with Crippen LogP contribution in [0.15, 0.2) is 54.6 Å². The third-order valence-electron chi connectivity index (χ3n) is 10.2. The van der Waals surface area contributed by atoms with Crippen LogP contribution in [0.25, 0.3) is 0 Å². The first-order valence-electron chi connectivity index (χ1n) is 21.4. The first kappa shape index (κ1) is 52.3. The molecule has 1 aliphatic rings. The van der Waals surface area contributed by atoms with Gasteiger partial charge in [-0.1, -0.05) is 56.3 Å². The second-order valence-electron chi connectivity index (χ2n) is 16.1. The Morgan fingerprint density at radius 1 is 0.641 bits per heavy atom. The summed E-state index contributed by atoms with van der Waals surface area (Å²) in [6.45, 7) is 4.30. The zero-order valence-electron chi connectivity index (χ0n) is 36.5. The number of nitrogens with two attached hydrogens (primary N) is 3. The summed E-state index contributed by atoms with van der Waals surface area (Å²) in [5.41, 5.74) is 18.5. The summed E-state index contributed by atoms with van der Waals surface area (Å²) in [4.78, 5) is 110. The molecular formula is C43H64FN11O9. The summed E-state index contributed by atoms with van der Waals surface area (Å²) in [6, 6.07) is 4.32. The Bertz CT molecular complexity index is 1890. The van der Waals surface area contributed by atoms with Crippen molar-refractivity contribution < 1.29 is 47.9 Å². The van der Waals surface area contributed by atoms with Gasteiger partial charge in [0.05, 0.1) is 12.5 Å². The lowest BCUT2D eigenvalue weighted by Gasteiger charge is -2.28. The van der Waals surface area contributed by atoms with Gasteiger partial charge in [-0.2, -0.15) is 0 Å². The van der Waals surface area contributed by atoms with Gasteiger partial charge in [0.25, 0.3) is 0 Å². The number of carbonyl (C=O) groups is 8. The number of carbonyl (C=O) groups excluding carboxylic acids is 8. The summed E-state index contributed by atoms with van der Waals surface area (Å²) >= 11 is 0. The van der Waals surface area contributed by atoms with Crippen LogP contribution in [0.5, 0.6) is 0 Å². The Morgan fingerprint density at radius 3 is 1.62 bits per heavy atom. The molecule has 0 spiro atoms. The second-order valence-corrected chi connectivity index (χ2v) is 16.1. The van der Waals surface area contributed by atoms with Crippen LogP contribution < -0.4 is 59.7 Å². The molecule has 1 heterocycles. The molecule has 352 valence electrons. The number of benzene rings is 2. The van der Waals surface area contributed by atoms with Crippen molar-refractivity contribution >= 4 is 47.3 Å². The maximum atomic E-state index is 14.2. The summed E-state index contributed by atoms with van der Waals surface area (Å²) in [6.07, 6.45) is -2.26. The minimum Gasteiger partial charge on any atom is -0.391 e. The Labute approximate surface area is 371 Å². The van der Waals surface area contributed by atoms with E-state index in [0.717, 1.165) is 0 Å². The van der Waals surface area contributed by atoms with Gasteiger partial charge < -0.3 is 64.8 Å². The second kappa shape index (κ2) is 26.6. The first-order valence-corrected chi connectivity index (χ1v) is 21.4. The van der Waals surface area contributed by atoms with E-state index in [-0.39, 0.29) is 77.0 Å². The van der Waals surface area contributed by atoms with E-state index in [2.05, 4.69) is 42.5 Å². The number of rotatable bonds is 14. The molecule has 8 atom stereocenters. The fourth-order valence-corrected chi connectivity index (χ4v) is 6.84. The summed E-state index contributed by atoms with van der Waals surface area (Å²) in [5, 5.41) is 31.3. The predicted octanol–water partition coefficient (Wildman–Crippen LogP) is -3.00. The SMILES string of the molecule is CC(C)C[C@@H]1NC(=O)[C@@H](Cc2ccccc2)NC(=O)[C@H](CCN)NC(=O)[C@@H](NC(=O)Cc2ccc(F)cc2)CCNC(=O)[C@H]([C@@H](C)O)NC(=O)[C@H](CCN)NC(=O)[C@H](CCN)NC1=O. The third-order valence-corrected chi connectivity index (χ3v) is 10.2. The average molecular weight is 898 g/mol. The van der Waals surface area contributed by atoms with Crippen molar-refractivity contribution in [3.05, 3.63) is 71.5 Å². The average Bonchev–Trinajstić information content (AvgIpc) is 3.24. The van der Waals surface area contributed by atoms with Gasteiger partial charge in [-0.15, -0.1) is 0 Å². The molecule has 8 amide bonds. The number of amides is 8. The molecule has 1 saturated heterocycles. The van der Waals surface area contributed by atoms with Crippen molar-refractivity contribution in [2.75, 3.05) is 26.2 Å². The summed E-state index contributed by atoms with van der Waals surface area (Å²) in [7, 11) is 0. The molecule has 2 aromatic rings. The van der Waals surface area contributed by atoms with E-state index in [9.17, 15) is 47.9 Å². The van der Waals surface area contributed by atoms with Gasteiger partial charge in [0.2, 0.25) is 47.3 Å². The molecule has 21 heteroatoms. The molecule has 15 N–H and O–H groups in total. The van der Waals surface area contributed by atoms with Crippen LogP contribution in [0.2, 0.25) is 0 Å². The van der Waals surface area contributed by atoms with Crippen molar-refractivity contribution in [3.8, 4) is 0 Å². The highest BCUT2D eigenvalue weighted by Gasteiger charge is 2.35. The zero-order chi connectivity index (χ0) is 47.3. The van der Waals surface area contributed by atoms with Gasteiger partial charge >= 0.3 is 0 Å². The normalized spacial score (nSPS) is 24.2.